The van der Waals surface area contributed by atoms with E-state index in [9.17, 15) is 0 Å². The van der Waals surface area contributed by atoms with Crippen LogP contribution in [-0.2, 0) is 0 Å². The summed E-state index contributed by atoms with van der Waals surface area (Å²) in [4.78, 5) is 4.96. The molecular formula is C16H26ClN3O. The molecule has 1 saturated heterocycles. The van der Waals surface area contributed by atoms with Crippen molar-refractivity contribution >= 4 is 11.6 Å². The van der Waals surface area contributed by atoms with E-state index < -0.39 is 0 Å². The van der Waals surface area contributed by atoms with Gasteiger partial charge in [0.05, 0.1) is 12.1 Å². The zero-order chi connectivity index (χ0) is 15.4. The fourth-order valence-corrected chi connectivity index (χ4v) is 3.22. The molecule has 1 aromatic carbocycles. The zero-order valence-electron chi connectivity index (χ0n) is 13.2. The van der Waals surface area contributed by atoms with Crippen LogP contribution in [0.3, 0.4) is 0 Å². The van der Waals surface area contributed by atoms with Gasteiger partial charge in [-0.2, -0.15) is 0 Å². The second-order valence-corrected chi connectivity index (χ2v) is 6.22. The first kappa shape index (κ1) is 16.6. The quantitative estimate of drug-likeness (QED) is 0.906. The summed E-state index contributed by atoms with van der Waals surface area (Å²) in [5.41, 5.74) is 7.19. The third-order valence-electron chi connectivity index (χ3n) is 4.30. The summed E-state index contributed by atoms with van der Waals surface area (Å²) >= 11 is 6.24. The van der Waals surface area contributed by atoms with Crippen LogP contribution in [0.25, 0.3) is 0 Å². The number of ether oxygens (including phenoxy) is 1. The number of hydrogen-bond acceptors (Lipinski definition) is 4. The van der Waals surface area contributed by atoms with E-state index in [4.69, 9.17) is 22.1 Å². The molecule has 2 N–H and O–H groups in total. The van der Waals surface area contributed by atoms with Crippen molar-refractivity contribution in [3.8, 4) is 5.75 Å². The Morgan fingerprint density at radius 3 is 2.29 bits per heavy atom. The first-order chi connectivity index (χ1) is 10.1. The molecule has 118 valence electrons. The van der Waals surface area contributed by atoms with E-state index in [1.165, 1.54) is 5.56 Å². The van der Waals surface area contributed by atoms with Crippen LogP contribution < -0.4 is 10.5 Å². The summed E-state index contributed by atoms with van der Waals surface area (Å²) in [5.74, 6) is 0.709. The monoisotopic (exact) mass is 311 g/mol. The minimum absolute atomic E-state index is 0.225. The van der Waals surface area contributed by atoms with Crippen LogP contribution in [0.5, 0.6) is 5.75 Å². The Labute approximate surface area is 132 Å². The summed E-state index contributed by atoms with van der Waals surface area (Å²) in [5, 5.41) is 0.647. The zero-order valence-corrected chi connectivity index (χ0v) is 13.9. The van der Waals surface area contributed by atoms with E-state index in [-0.39, 0.29) is 6.04 Å². The second kappa shape index (κ2) is 7.45. The number of hydrogen-bond donors (Lipinski definition) is 1. The van der Waals surface area contributed by atoms with Crippen LogP contribution in [-0.4, -0.2) is 55.7 Å². The maximum Gasteiger partial charge on any atom is 0.137 e. The van der Waals surface area contributed by atoms with Crippen molar-refractivity contribution in [2.24, 2.45) is 5.73 Å². The standard InChI is InChI=1S/C16H26ClN3O/c1-12(2)19-6-8-20(9-7-19)15(11-18)13-4-5-16(21-3)14(17)10-13/h4-5,10,12,15H,6-9,11,18H2,1-3H3. The van der Waals surface area contributed by atoms with Crippen molar-refractivity contribution in [1.82, 2.24) is 9.80 Å². The van der Waals surface area contributed by atoms with Gasteiger partial charge in [-0.3, -0.25) is 9.80 Å². The first-order valence-electron chi connectivity index (χ1n) is 7.58. The lowest BCUT2D eigenvalue weighted by Gasteiger charge is -2.40. The van der Waals surface area contributed by atoms with Gasteiger partial charge in [0.15, 0.2) is 0 Å². The maximum atomic E-state index is 6.24. The Balaban J connectivity index is 2.08. The van der Waals surface area contributed by atoms with E-state index in [1.54, 1.807) is 7.11 Å². The molecule has 0 radical (unpaired) electrons. The summed E-state index contributed by atoms with van der Waals surface area (Å²) in [7, 11) is 1.63. The van der Waals surface area contributed by atoms with Crippen LogP contribution in [0.15, 0.2) is 18.2 Å². The molecule has 1 aliphatic rings. The van der Waals surface area contributed by atoms with Crippen molar-refractivity contribution < 1.29 is 4.74 Å². The molecule has 2 rings (SSSR count). The van der Waals surface area contributed by atoms with Gasteiger partial charge in [0.25, 0.3) is 0 Å². The Bertz CT molecular complexity index is 459. The number of nitrogens with two attached hydrogens (primary N) is 1. The lowest BCUT2D eigenvalue weighted by atomic mass is 10.0. The number of benzene rings is 1. The maximum absolute atomic E-state index is 6.24. The first-order valence-corrected chi connectivity index (χ1v) is 7.96. The predicted octanol–water partition coefficient (Wildman–Crippen LogP) is 2.37. The van der Waals surface area contributed by atoms with Crippen molar-refractivity contribution in [3.05, 3.63) is 28.8 Å². The van der Waals surface area contributed by atoms with E-state index in [0.29, 0.717) is 23.4 Å². The molecular weight excluding hydrogens is 286 g/mol. The summed E-state index contributed by atoms with van der Waals surface area (Å²) in [6.07, 6.45) is 0. The fraction of sp³-hybridized carbons (Fsp3) is 0.625. The molecule has 1 heterocycles. The Morgan fingerprint density at radius 2 is 1.81 bits per heavy atom. The van der Waals surface area contributed by atoms with Crippen molar-refractivity contribution in [2.75, 3.05) is 39.8 Å². The van der Waals surface area contributed by atoms with Gasteiger partial charge in [0.1, 0.15) is 5.75 Å². The Hall–Kier alpha value is -0.810. The number of nitrogens with zero attached hydrogens (tertiary/aromatic N) is 2. The molecule has 0 spiro atoms. The van der Waals surface area contributed by atoms with Crippen LogP contribution in [0.2, 0.25) is 5.02 Å². The van der Waals surface area contributed by atoms with Gasteiger partial charge in [0, 0.05) is 44.8 Å². The summed E-state index contributed by atoms with van der Waals surface area (Å²) < 4.78 is 5.22. The summed E-state index contributed by atoms with van der Waals surface area (Å²) in [6.45, 7) is 9.38. The topological polar surface area (TPSA) is 41.7 Å². The van der Waals surface area contributed by atoms with Crippen LogP contribution in [0, 0.1) is 0 Å². The molecule has 4 nitrogen and oxygen atoms in total. The largest absolute Gasteiger partial charge is 0.495 e. The van der Waals surface area contributed by atoms with Gasteiger partial charge >= 0.3 is 0 Å². The lowest BCUT2D eigenvalue weighted by molar-refractivity contribution is 0.0802. The molecule has 0 aliphatic carbocycles. The fourth-order valence-electron chi connectivity index (χ4n) is 2.95. The molecule has 0 bridgehead atoms. The van der Waals surface area contributed by atoms with Gasteiger partial charge < -0.3 is 10.5 Å². The number of piperazine rings is 1. The van der Waals surface area contributed by atoms with Gasteiger partial charge in [-0.25, -0.2) is 0 Å². The van der Waals surface area contributed by atoms with Crippen LogP contribution in [0.4, 0.5) is 0 Å². The number of halogens is 1. The minimum atomic E-state index is 0.225. The van der Waals surface area contributed by atoms with E-state index in [2.05, 4.69) is 29.7 Å². The van der Waals surface area contributed by atoms with E-state index >= 15 is 0 Å². The highest BCUT2D eigenvalue weighted by molar-refractivity contribution is 6.32. The highest BCUT2D eigenvalue weighted by Crippen LogP contribution is 2.30. The molecule has 1 atom stereocenters. The van der Waals surface area contributed by atoms with E-state index in [1.807, 2.05) is 12.1 Å². The van der Waals surface area contributed by atoms with Crippen LogP contribution in [0.1, 0.15) is 25.5 Å². The highest BCUT2D eigenvalue weighted by Gasteiger charge is 2.25. The molecule has 1 unspecified atom stereocenters. The molecule has 1 fully saturated rings. The highest BCUT2D eigenvalue weighted by atomic mass is 35.5. The average molecular weight is 312 g/mol. The summed E-state index contributed by atoms with van der Waals surface area (Å²) in [6, 6.07) is 6.80. The molecule has 1 aliphatic heterocycles. The van der Waals surface area contributed by atoms with Gasteiger partial charge in [-0.1, -0.05) is 17.7 Å². The van der Waals surface area contributed by atoms with Gasteiger partial charge in [-0.05, 0) is 31.5 Å². The minimum Gasteiger partial charge on any atom is -0.495 e. The van der Waals surface area contributed by atoms with Crippen LogP contribution >= 0.6 is 11.6 Å². The second-order valence-electron chi connectivity index (χ2n) is 5.81. The Kier molecular flexibility index (Phi) is 5.88. The van der Waals surface area contributed by atoms with Crippen molar-refractivity contribution in [2.45, 2.75) is 25.9 Å². The molecule has 0 aromatic heterocycles. The third kappa shape index (κ3) is 3.89. The van der Waals surface area contributed by atoms with Gasteiger partial charge in [0.2, 0.25) is 0 Å². The van der Waals surface area contributed by atoms with E-state index in [0.717, 1.165) is 26.2 Å². The normalized spacial score (nSPS) is 19.0. The lowest BCUT2D eigenvalue weighted by Crippen LogP contribution is -2.50. The van der Waals surface area contributed by atoms with Crippen molar-refractivity contribution in [3.63, 3.8) is 0 Å². The molecule has 1 aromatic rings. The average Bonchev–Trinajstić information content (AvgIpc) is 2.49. The smallest absolute Gasteiger partial charge is 0.137 e. The molecule has 0 amide bonds. The number of methoxy groups -OCH3 is 1. The molecule has 21 heavy (non-hydrogen) atoms. The van der Waals surface area contributed by atoms with Gasteiger partial charge in [-0.15, -0.1) is 0 Å². The molecule has 5 heteroatoms. The Morgan fingerprint density at radius 1 is 1.19 bits per heavy atom. The molecule has 0 saturated carbocycles. The number of rotatable bonds is 5. The van der Waals surface area contributed by atoms with Crippen molar-refractivity contribution in [1.29, 1.82) is 0 Å². The third-order valence-corrected chi connectivity index (χ3v) is 4.60. The SMILES string of the molecule is COc1ccc(C(CN)N2CCN(C(C)C)CC2)cc1Cl. The predicted molar refractivity (Wildman–Crippen MR) is 88.1 cm³/mol.